The maximum absolute atomic E-state index is 12.6. The summed E-state index contributed by atoms with van der Waals surface area (Å²) in [6, 6.07) is 33.6. The lowest BCUT2D eigenvalue weighted by molar-refractivity contribution is -0.316. The summed E-state index contributed by atoms with van der Waals surface area (Å²) in [5.74, 6) is -1.02. The Balaban J connectivity index is 0.000000277. The lowest BCUT2D eigenvalue weighted by Gasteiger charge is -2.17. The number of carbonyl (C=O) groups is 2. The van der Waals surface area contributed by atoms with Gasteiger partial charge in [-0.3, -0.25) is 9.78 Å². The molecule has 0 fully saturated rings. The molecule has 0 saturated heterocycles. The van der Waals surface area contributed by atoms with E-state index >= 15 is 0 Å². The van der Waals surface area contributed by atoms with Crippen molar-refractivity contribution >= 4 is 29.7 Å². The number of benzene rings is 4. The molecule has 0 atom stereocenters. The molecule has 0 unspecified atom stereocenters. The molecule has 6 heteroatoms. The zero-order valence-electron chi connectivity index (χ0n) is 28.0. The van der Waals surface area contributed by atoms with Gasteiger partial charge in [-0.2, -0.15) is 9.78 Å². The fourth-order valence-electron chi connectivity index (χ4n) is 4.11. The first-order valence-corrected chi connectivity index (χ1v) is 15.2. The highest BCUT2D eigenvalue weighted by Crippen LogP contribution is 2.27. The highest BCUT2D eigenvalue weighted by molar-refractivity contribution is 5.98. The summed E-state index contributed by atoms with van der Waals surface area (Å²) >= 11 is 0. The highest BCUT2D eigenvalue weighted by atomic mass is 17.2. The summed E-state index contributed by atoms with van der Waals surface area (Å²) in [5, 5.41) is 0. The van der Waals surface area contributed by atoms with Gasteiger partial charge in [0, 0.05) is 6.08 Å². The SMILES string of the molecule is CC(C)(C)OOC(=O)c1ccccc1C=C(c1ccccc1)c1ccccc1.Cc1ccc(C=CC(=O)OOC(C)(C)C)c(C)c1. The molecule has 4 aromatic carbocycles. The molecule has 0 amide bonds. The zero-order valence-corrected chi connectivity index (χ0v) is 28.0. The fraction of sp³-hybridized carbons (Fsp3) is 0.250. The van der Waals surface area contributed by atoms with Gasteiger partial charge in [0.2, 0.25) is 0 Å². The second-order valence-corrected chi connectivity index (χ2v) is 12.7. The maximum atomic E-state index is 12.6. The molecule has 6 nitrogen and oxygen atoms in total. The molecule has 0 N–H and O–H groups in total. The Labute approximate surface area is 273 Å². The van der Waals surface area contributed by atoms with Crippen molar-refractivity contribution in [2.45, 2.75) is 66.6 Å². The number of carbonyl (C=O) groups excluding carboxylic acids is 2. The molecule has 4 aromatic rings. The first-order chi connectivity index (χ1) is 21.7. The summed E-state index contributed by atoms with van der Waals surface area (Å²) in [6.07, 6.45) is 5.10. The molecule has 0 saturated carbocycles. The standard InChI is InChI=1S/C25H24O3.C15H20O3/c1-25(2,3)28-27-24(26)22-17-11-10-16-21(22)18-23(19-12-6-4-7-13-19)20-14-8-5-9-15-20;1-11-6-7-13(12(2)10-11)8-9-14(16)17-18-15(3,4)5/h4-18H,1-3H3;6-10H,1-5H3. The van der Waals surface area contributed by atoms with E-state index in [4.69, 9.17) is 14.7 Å². The Morgan fingerprint density at radius 3 is 1.67 bits per heavy atom. The van der Waals surface area contributed by atoms with Crippen molar-refractivity contribution in [1.82, 2.24) is 0 Å². The molecule has 4 rings (SSSR count). The normalized spacial score (nSPS) is 11.3. The Bertz CT molecular complexity index is 1600. The van der Waals surface area contributed by atoms with Crippen molar-refractivity contribution < 1.29 is 29.1 Å². The predicted octanol–water partition coefficient (Wildman–Crippen LogP) is 9.75. The van der Waals surface area contributed by atoms with E-state index in [1.165, 1.54) is 11.6 Å². The molecule has 0 aliphatic heterocycles. The van der Waals surface area contributed by atoms with Gasteiger partial charge in [-0.1, -0.05) is 103 Å². The Morgan fingerprint density at radius 1 is 0.609 bits per heavy atom. The summed E-state index contributed by atoms with van der Waals surface area (Å²) in [5.41, 5.74) is 6.64. The Kier molecular flexibility index (Phi) is 12.8. The molecule has 0 aliphatic carbocycles. The average Bonchev–Trinajstić information content (AvgIpc) is 3.02. The van der Waals surface area contributed by atoms with Crippen molar-refractivity contribution in [2.24, 2.45) is 0 Å². The molecule has 46 heavy (non-hydrogen) atoms. The van der Waals surface area contributed by atoms with E-state index in [-0.39, 0.29) is 0 Å². The van der Waals surface area contributed by atoms with Gasteiger partial charge in [-0.05, 0) is 107 Å². The molecule has 0 aromatic heterocycles. The number of aryl methyl sites for hydroxylation is 2. The second-order valence-electron chi connectivity index (χ2n) is 12.7. The van der Waals surface area contributed by atoms with E-state index in [1.807, 2.05) is 128 Å². The molecular formula is C40H44O6. The van der Waals surface area contributed by atoms with E-state index in [1.54, 1.807) is 12.1 Å². The van der Waals surface area contributed by atoms with Crippen LogP contribution in [0.15, 0.2) is 109 Å². The number of hydrogen-bond acceptors (Lipinski definition) is 6. The van der Waals surface area contributed by atoms with Gasteiger partial charge in [0.25, 0.3) is 0 Å². The zero-order chi connectivity index (χ0) is 33.7. The van der Waals surface area contributed by atoms with E-state index < -0.39 is 23.1 Å². The van der Waals surface area contributed by atoms with E-state index in [0.717, 1.165) is 33.4 Å². The minimum atomic E-state index is -0.570. The van der Waals surface area contributed by atoms with Gasteiger partial charge in [0.05, 0.1) is 5.56 Å². The molecule has 0 radical (unpaired) electrons. The minimum absolute atomic E-state index is 0.455. The van der Waals surface area contributed by atoms with Gasteiger partial charge in [0.1, 0.15) is 11.2 Å². The lowest BCUT2D eigenvalue weighted by Crippen LogP contribution is -2.22. The quantitative estimate of drug-likeness (QED) is 0.0845. The van der Waals surface area contributed by atoms with Crippen LogP contribution in [0.5, 0.6) is 0 Å². The van der Waals surface area contributed by atoms with E-state index in [0.29, 0.717) is 5.56 Å². The molecule has 0 heterocycles. The first-order valence-electron chi connectivity index (χ1n) is 15.2. The molecule has 0 spiro atoms. The van der Waals surface area contributed by atoms with Crippen LogP contribution in [0.1, 0.15) is 85.3 Å². The van der Waals surface area contributed by atoms with Crippen LogP contribution < -0.4 is 0 Å². The second kappa shape index (κ2) is 16.5. The molecular weight excluding hydrogens is 576 g/mol. The third kappa shape index (κ3) is 12.3. The summed E-state index contributed by atoms with van der Waals surface area (Å²) in [7, 11) is 0. The topological polar surface area (TPSA) is 71.1 Å². The monoisotopic (exact) mass is 620 g/mol. The van der Waals surface area contributed by atoms with Gasteiger partial charge in [0.15, 0.2) is 0 Å². The maximum Gasteiger partial charge on any atom is 0.373 e. The van der Waals surface area contributed by atoms with Gasteiger partial charge in [-0.25, -0.2) is 9.59 Å². The smallest absolute Gasteiger partial charge is 0.293 e. The Morgan fingerprint density at radius 2 is 1.13 bits per heavy atom. The summed E-state index contributed by atoms with van der Waals surface area (Å²) < 4.78 is 0. The largest absolute Gasteiger partial charge is 0.373 e. The Hall–Kier alpha value is -4.78. The lowest BCUT2D eigenvalue weighted by atomic mass is 9.94. The van der Waals surface area contributed by atoms with Crippen LogP contribution in [-0.2, 0) is 24.3 Å². The predicted molar refractivity (Wildman–Crippen MR) is 184 cm³/mol. The van der Waals surface area contributed by atoms with Crippen molar-refractivity contribution in [3.8, 4) is 0 Å². The third-order valence-corrected chi connectivity index (χ3v) is 6.22. The van der Waals surface area contributed by atoms with Crippen molar-refractivity contribution in [2.75, 3.05) is 0 Å². The van der Waals surface area contributed by atoms with Gasteiger partial charge in [-0.15, -0.1) is 0 Å². The molecule has 0 aliphatic rings. The van der Waals surface area contributed by atoms with Crippen LogP contribution in [0.4, 0.5) is 0 Å². The molecule has 0 bridgehead atoms. The summed E-state index contributed by atoms with van der Waals surface area (Å²) in [6.45, 7) is 15.0. The average molecular weight is 621 g/mol. The first kappa shape index (κ1) is 35.7. The third-order valence-electron chi connectivity index (χ3n) is 6.22. The number of hydrogen-bond donors (Lipinski definition) is 0. The van der Waals surface area contributed by atoms with Crippen LogP contribution in [0.25, 0.3) is 17.7 Å². The highest BCUT2D eigenvalue weighted by Gasteiger charge is 2.19. The van der Waals surface area contributed by atoms with Crippen LogP contribution in [0.3, 0.4) is 0 Å². The van der Waals surface area contributed by atoms with Crippen LogP contribution in [-0.4, -0.2) is 23.1 Å². The molecule has 240 valence electrons. The fourth-order valence-corrected chi connectivity index (χ4v) is 4.11. The van der Waals surface area contributed by atoms with E-state index in [9.17, 15) is 9.59 Å². The van der Waals surface area contributed by atoms with Gasteiger partial charge < -0.3 is 0 Å². The van der Waals surface area contributed by atoms with Crippen molar-refractivity contribution in [1.29, 1.82) is 0 Å². The van der Waals surface area contributed by atoms with Crippen LogP contribution in [0.2, 0.25) is 0 Å². The van der Waals surface area contributed by atoms with Crippen LogP contribution in [0, 0.1) is 13.8 Å². The number of rotatable bonds is 8. The van der Waals surface area contributed by atoms with Crippen molar-refractivity contribution in [3.63, 3.8) is 0 Å². The van der Waals surface area contributed by atoms with Gasteiger partial charge >= 0.3 is 11.9 Å². The van der Waals surface area contributed by atoms with Crippen molar-refractivity contribution in [3.05, 3.63) is 148 Å². The van der Waals surface area contributed by atoms with Crippen LogP contribution >= 0.6 is 0 Å². The summed E-state index contributed by atoms with van der Waals surface area (Å²) in [4.78, 5) is 43.9. The van der Waals surface area contributed by atoms with E-state index in [2.05, 4.69) is 35.2 Å². The minimum Gasteiger partial charge on any atom is -0.293 e.